The molecule has 3 aromatic rings. The molecule has 4 rings (SSSR count). The van der Waals surface area contributed by atoms with E-state index >= 15 is 0 Å². The monoisotopic (exact) mass is 439 g/mol. The summed E-state index contributed by atoms with van der Waals surface area (Å²) in [6.45, 7) is 0. The van der Waals surface area contributed by atoms with Crippen molar-refractivity contribution in [3.63, 3.8) is 0 Å². The topological polar surface area (TPSA) is 50.5 Å². The maximum atomic E-state index is 13.2. The van der Waals surface area contributed by atoms with E-state index in [0.29, 0.717) is 21.9 Å². The minimum absolute atomic E-state index is 0.312. The van der Waals surface area contributed by atoms with E-state index in [1.165, 1.54) is 16.7 Å². The molecule has 0 N–H and O–H groups in total. The minimum Gasteiger partial charge on any atom is -0.468 e. The molecular formula is C21H14BrNO3S. The lowest BCUT2D eigenvalue weighted by molar-refractivity contribution is -0.119. The van der Waals surface area contributed by atoms with Gasteiger partial charge in [0.05, 0.1) is 28.2 Å². The van der Waals surface area contributed by atoms with Crippen LogP contribution in [0.3, 0.4) is 0 Å². The van der Waals surface area contributed by atoms with Crippen molar-refractivity contribution >= 4 is 50.8 Å². The van der Waals surface area contributed by atoms with Crippen LogP contribution in [0.4, 0.5) is 5.69 Å². The number of rotatable bonds is 5. The number of anilines is 1. The molecule has 0 spiro atoms. The second-order valence-electron chi connectivity index (χ2n) is 5.86. The van der Waals surface area contributed by atoms with E-state index in [2.05, 4.69) is 15.9 Å². The molecule has 0 fully saturated rings. The average Bonchev–Trinajstić information content (AvgIpc) is 3.27. The summed E-state index contributed by atoms with van der Waals surface area (Å²) in [5, 5.41) is 0. The number of amides is 2. The van der Waals surface area contributed by atoms with Gasteiger partial charge in [-0.25, -0.2) is 4.90 Å². The van der Waals surface area contributed by atoms with Crippen LogP contribution in [0.5, 0.6) is 0 Å². The summed E-state index contributed by atoms with van der Waals surface area (Å²) in [6.07, 6.45) is 1.60. The molecule has 0 aliphatic carbocycles. The Morgan fingerprint density at radius 2 is 1.74 bits per heavy atom. The Balaban J connectivity index is 1.75. The molecule has 2 aromatic carbocycles. The van der Waals surface area contributed by atoms with Crippen molar-refractivity contribution in [2.45, 2.75) is 5.75 Å². The quantitative estimate of drug-likeness (QED) is 0.508. The van der Waals surface area contributed by atoms with Gasteiger partial charge in [0, 0.05) is 4.47 Å². The van der Waals surface area contributed by atoms with Gasteiger partial charge in [-0.15, -0.1) is 11.8 Å². The van der Waals surface area contributed by atoms with E-state index < -0.39 is 0 Å². The fourth-order valence-electron chi connectivity index (χ4n) is 2.89. The zero-order valence-electron chi connectivity index (χ0n) is 14.1. The van der Waals surface area contributed by atoms with Gasteiger partial charge in [0.15, 0.2) is 0 Å². The fraction of sp³-hybridized carbons (Fsp3) is 0.0476. The van der Waals surface area contributed by atoms with Crippen LogP contribution in [0.15, 0.2) is 86.8 Å². The molecule has 134 valence electrons. The Bertz CT molecular complexity index is 1030. The molecular weight excluding hydrogens is 426 g/mol. The van der Waals surface area contributed by atoms with Gasteiger partial charge in [0.2, 0.25) is 0 Å². The van der Waals surface area contributed by atoms with Crippen molar-refractivity contribution < 1.29 is 14.0 Å². The lowest BCUT2D eigenvalue weighted by atomic mass is 10.1. The van der Waals surface area contributed by atoms with Gasteiger partial charge in [-0.05, 0) is 35.9 Å². The third-order valence-corrected chi connectivity index (χ3v) is 5.70. The zero-order valence-corrected chi connectivity index (χ0v) is 16.5. The van der Waals surface area contributed by atoms with Crippen LogP contribution in [0.25, 0.3) is 5.57 Å². The SMILES string of the molecule is O=C1C(SCc2ccco2)=C(c2ccccc2)C(=O)N1c1cccc(Br)c1. The fourth-order valence-corrected chi connectivity index (χ4v) is 4.29. The Kier molecular flexibility index (Phi) is 5.01. The molecule has 0 unspecified atom stereocenters. The van der Waals surface area contributed by atoms with E-state index in [1.807, 2.05) is 42.5 Å². The molecule has 2 heterocycles. The van der Waals surface area contributed by atoms with Crippen LogP contribution in [0.1, 0.15) is 11.3 Å². The highest BCUT2D eigenvalue weighted by Crippen LogP contribution is 2.39. The molecule has 2 amide bonds. The van der Waals surface area contributed by atoms with Crippen molar-refractivity contribution in [3.05, 3.63) is 93.7 Å². The molecule has 0 saturated carbocycles. The van der Waals surface area contributed by atoms with Crippen molar-refractivity contribution in [2.75, 3.05) is 4.90 Å². The number of hydrogen-bond acceptors (Lipinski definition) is 4. The molecule has 1 aromatic heterocycles. The molecule has 0 bridgehead atoms. The van der Waals surface area contributed by atoms with Crippen LogP contribution in [0.2, 0.25) is 0 Å². The third kappa shape index (κ3) is 3.50. The van der Waals surface area contributed by atoms with E-state index in [-0.39, 0.29) is 11.8 Å². The summed E-state index contributed by atoms with van der Waals surface area (Å²) in [5.41, 5.74) is 1.70. The van der Waals surface area contributed by atoms with Gasteiger partial charge >= 0.3 is 0 Å². The number of furan rings is 1. The summed E-state index contributed by atoms with van der Waals surface area (Å²) < 4.78 is 6.17. The van der Waals surface area contributed by atoms with E-state index in [1.54, 1.807) is 30.5 Å². The summed E-state index contributed by atoms with van der Waals surface area (Å²) in [7, 11) is 0. The number of carbonyl (C=O) groups excluding carboxylic acids is 2. The highest BCUT2D eigenvalue weighted by Gasteiger charge is 2.40. The molecule has 0 saturated heterocycles. The van der Waals surface area contributed by atoms with Gasteiger partial charge in [-0.3, -0.25) is 9.59 Å². The summed E-state index contributed by atoms with van der Waals surface area (Å²) in [5.74, 6) is 0.602. The predicted molar refractivity (Wildman–Crippen MR) is 110 cm³/mol. The van der Waals surface area contributed by atoms with Crippen molar-refractivity contribution in [2.24, 2.45) is 0 Å². The third-order valence-electron chi connectivity index (χ3n) is 4.11. The van der Waals surface area contributed by atoms with Crippen molar-refractivity contribution in [1.29, 1.82) is 0 Å². The minimum atomic E-state index is -0.314. The first-order valence-corrected chi connectivity index (χ1v) is 10.0. The number of carbonyl (C=O) groups is 2. The average molecular weight is 440 g/mol. The highest BCUT2D eigenvalue weighted by molar-refractivity contribution is 9.10. The van der Waals surface area contributed by atoms with E-state index in [9.17, 15) is 9.59 Å². The smallest absolute Gasteiger partial charge is 0.272 e. The number of thioether (sulfide) groups is 1. The lowest BCUT2D eigenvalue weighted by Crippen LogP contribution is -2.31. The number of halogens is 1. The van der Waals surface area contributed by atoms with Crippen molar-refractivity contribution in [3.8, 4) is 0 Å². The Morgan fingerprint density at radius 3 is 2.44 bits per heavy atom. The summed E-state index contributed by atoms with van der Waals surface area (Å²) >= 11 is 4.72. The first-order valence-electron chi connectivity index (χ1n) is 8.24. The highest BCUT2D eigenvalue weighted by atomic mass is 79.9. The molecule has 27 heavy (non-hydrogen) atoms. The van der Waals surface area contributed by atoms with Crippen LogP contribution >= 0.6 is 27.7 Å². The first-order chi connectivity index (χ1) is 13.1. The van der Waals surface area contributed by atoms with Crippen LogP contribution in [-0.2, 0) is 15.3 Å². The normalized spacial score (nSPS) is 14.3. The molecule has 4 nitrogen and oxygen atoms in total. The number of imide groups is 1. The summed E-state index contributed by atoms with van der Waals surface area (Å²) in [4.78, 5) is 28.0. The second kappa shape index (κ2) is 7.58. The van der Waals surface area contributed by atoms with Gasteiger partial charge in [-0.2, -0.15) is 0 Å². The second-order valence-corrected chi connectivity index (χ2v) is 7.77. The van der Waals surface area contributed by atoms with Crippen LogP contribution in [-0.4, -0.2) is 11.8 Å². The van der Waals surface area contributed by atoms with Crippen LogP contribution in [0, 0.1) is 0 Å². The number of nitrogens with zero attached hydrogens (tertiary/aromatic N) is 1. The first kappa shape index (κ1) is 17.8. The Hall–Kier alpha value is -2.57. The maximum absolute atomic E-state index is 13.2. The molecule has 1 aliphatic rings. The molecule has 6 heteroatoms. The Labute approximate surface area is 169 Å². The van der Waals surface area contributed by atoms with Gasteiger partial charge in [-0.1, -0.05) is 52.3 Å². The largest absolute Gasteiger partial charge is 0.468 e. The predicted octanol–water partition coefficient (Wildman–Crippen LogP) is 5.26. The van der Waals surface area contributed by atoms with Gasteiger partial charge in [0.1, 0.15) is 5.76 Å². The number of benzene rings is 2. The standard InChI is InChI=1S/C21H14BrNO3S/c22-15-8-4-9-16(12-15)23-20(24)18(14-6-2-1-3-7-14)19(21(23)25)27-13-17-10-5-11-26-17/h1-12H,13H2. The zero-order chi connectivity index (χ0) is 18.8. The van der Waals surface area contributed by atoms with E-state index in [0.717, 1.165) is 15.8 Å². The van der Waals surface area contributed by atoms with Crippen molar-refractivity contribution in [1.82, 2.24) is 0 Å². The maximum Gasteiger partial charge on any atom is 0.272 e. The van der Waals surface area contributed by atoms with E-state index in [4.69, 9.17) is 4.42 Å². The number of hydrogen-bond donors (Lipinski definition) is 0. The van der Waals surface area contributed by atoms with Gasteiger partial charge in [0.25, 0.3) is 11.8 Å². The molecule has 0 atom stereocenters. The Morgan fingerprint density at radius 1 is 0.926 bits per heavy atom. The molecule has 0 radical (unpaired) electrons. The molecule has 1 aliphatic heterocycles. The van der Waals surface area contributed by atoms with Crippen LogP contribution < -0.4 is 4.90 Å². The van der Waals surface area contributed by atoms with Gasteiger partial charge < -0.3 is 4.42 Å². The lowest BCUT2D eigenvalue weighted by Gasteiger charge is -2.15. The summed E-state index contributed by atoms with van der Waals surface area (Å²) in [6, 6.07) is 20.1.